The lowest BCUT2D eigenvalue weighted by Gasteiger charge is -1.97. The quantitative estimate of drug-likeness (QED) is 0.603. The third kappa shape index (κ3) is 1.88. The predicted molar refractivity (Wildman–Crippen MR) is 54.1 cm³/mol. The molecule has 1 aromatic carbocycles. The van der Waals surface area contributed by atoms with Crippen LogP contribution in [0.5, 0.6) is 0 Å². The van der Waals surface area contributed by atoms with Crippen molar-refractivity contribution in [3.05, 3.63) is 36.1 Å². The first-order valence-electron chi connectivity index (χ1n) is 4.49. The Kier molecular flexibility index (Phi) is 2.49. The summed E-state index contributed by atoms with van der Waals surface area (Å²) < 4.78 is 5.28. The zero-order chi connectivity index (χ0) is 10.7. The standard InChI is InChI=1S/C11H9NO3/c13-6-11(14)12-5-8-7-15-10-4-2-1-3-9(8)10/h1-4,6-7H,5H2,(H,12,14). The van der Waals surface area contributed by atoms with E-state index in [1.165, 1.54) is 0 Å². The van der Waals surface area contributed by atoms with Gasteiger partial charge in [-0.3, -0.25) is 9.59 Å². The first kappa shape index (κ1) is 9.45. The minimum absolute atomic E-state index is 0.252. The SMILES string of the molecule is O=CC(=O)NCc1coc2ccccc12. The van der Waals surface area contributed by atoms with Crippen LogP contribution in [0.15, 0.2) is 34.9 Å². The molecular weight excluding hydrogens is 194 g/mol. The van der Waals surface area contributed by atoms with Gasteiger partial charge >= 0.3 is 0 Å². The van der Waals surface area contributed by atoms with Gasteiger partial charge in [-0.2, -0.15) is 0 Å². The van der Waals surface area contributed by atoms with E-state index in [1.54, 1.807) is 6.26 Å². The molecule has 15 heavy (non-hydrogen) atoms. The third-order valence-electron chi connectivity index (χ3n) is 2.12. The Balaban J connectivity index is 2.21. The summed E-state index contributed by atoms with van der Waals surface area (Å²) in [6.07, 6.45) is 1.83. The van der Waals surface area contributed by atoms with Gasteiger partial charge in [0.1, 0.15) is 5.58 Å². The van der Waals surface area contributed by atoms with Crippen molar-refractivity contribution in [3.63, 3.8) is 0 Å². The minimum atomic E-state index is -0.625. The number of nitrogens with one attached hydrogen (secondary N) is 1. The summed E-state index contributed by atoms with van der Waals surface area (Å²) >= 11 is 0. The highest BCUT2D eigenvalue weighted by molar-refractivity contribution is 6.23. The van der Waals surface area contributed by atoms with E-state index in [4.69, 9.17) is 4.42 Å². The molecule has 0 atom stereocenters. The molecular formula is C11H9NO3. The Morgan fingerprint density at radius 2 is 2.20 bits per heavy atom. The van der Waals surface area contributed by atoms with E-state index in [0.717, 1.165) is 16.5 Å². The number of hydrogen-bond acceptors (Lipinski definition) is 3. The topological polar surface area (TPSA) is 59.3 Å². The van der Waals surface area contributed by atoms with Gasteiger partial charge in [0.2, 0.25) is 6.29 Å². The molecule has 0 radical (unpaired) electrons. The molecule has 4 heteroatoms. The van der Waals surface area contributed by atoms with Crippen LogP contribution in [0.25, 0.3) is 11.0 Å². The number of amides is 1. The van der Waals surface area contributed by atoms with Gasteiger partial charge in [0.05, 0.1) is 6.26 Å². The van der Waals surface area contributed by atoms with E-state index in [2.05, 4.69) is 5.32 Å². The molecule has 0 spiro atoms. The van der Waals surface area contributed by atoms with Crippen LogP contribution in [0.3, 0.4) is 0 Å². The van der Waals surface area contributed by atoms with Crippen LogP contribution in [0.1, 0.15) is 5.56 Å². The summed E-state index contributed by atoms with van der Waals surface area (Å²) in [6, 6.07) is 7.52. The maximum Gasteiger partial charge on any atom is 0.284 e. The highest BCUT2D eigenvalue weighted by Gasteiger charge is 2.05. The van der Waals surface area contributed by atoms with E-state index in [9.17, 15) is 9.59 Å². The largest absolute Gasteiger partial charge is 0.464 e. The average molecular weight is 203 g/mol. The molecule has 76 valence electrons. The molecule has 0 fully saturated rings. The summed E-state index contributed by atoms with van der Waals surface area (Å²) in [4.78, 5) is 20.8. The minimum Gasteiger partial charge on any atom is -0.464 e. The third-order valence-corrected chi connectivity index (χ3v) is 2.12. The normalized spacial score (nSPS) is 10.1. The van der Waals surface area contributed by atoms with Gasteiger partial charge in [-0.25, -0.2) is 0 Å². The van der Waals surface area contributed by atoms with E-state index in [-0.39, 0.29) is 6.29 Å². The van der Waals surface area contributed by atoms with Crippen LogP contribution in [-0.4, -0.2) is 12.2 Å². The zero-order valence-electron chi connectivity index (χ0n) is 7.90. The fraction of sp³-hybridized carbons (Fsp3) is 0.0909. The predicted octanol–water partition coefficient (Wildman–Crippen LogP) is 1.25. The molecule has 0 saturated heterocycles. The van der Waals surface area contributed by atoms with Crippen molar-refractivity contribution in [2.45, 2.75) is 6.54 Å². The molecule has 0 aliphatic rings. The van der Waals surface area contributed by atoms with Crippen molar-refractivity contribution < 1.29 is 14.0 Å². The Bertz CT molecular complexity index is 501. The highest BCUT2D eigenvalue weighted by atomic mass is 16.3. The molecule has 4 nitrogen and oxygen atoms in total. The maximum atomic E-state index is 10.7. The summed E-state index contributed by atoms with van der Waals surface area (Å²) in [5.74, 6) is -0.625. The number of furan rings is 1. The molecule has 1 aromatic heterocycles. The number of hydrogen-bond donors (Lipinski definition) is 1. The van der Waals surface area contributed by atoms with Gasteiger partial charge in [-0.15, -0.1) is 0 Å². The van der Waals surface area contributed by atoms with Crippen LogP contribution >= 0.6 is 0 Å². The van der Waals surface area contributed by atoms with Crippen molar-refractivity contribution in [3.8, 4) is 0 Å². The van der Waals surface area contributed by atoms with Gasteiger partial charge in [0, 0.05) is 17.5 Å². The van der Waals surface area contributed by atoms with Crippen LogP contribution < -0.4 is 5.32 Å². The Labute approximate surface area is 85.9 Å². The molecule has 0 saturated carbocycles. The van der Waals surface area contributed by atoms with Crippen LogP contribution in [-0.2, 0) is 16.1 Å². The van der Waals surface area contributed by atoms with Gasteiger partial charge in [0.25, 0.3) is 5.91 Å². The second kappa shape index (κ2) is 3.96. The van der Waals surface area contributed by atoms with Crippen LogP contribution in [0, 0.1) is 0 Å². The van der Waals surface area contributed by atoms with E-state index in [1.807, 2.05) is 24.3 Å². The number of aldehydes is 1. The summed E-state index contributed by atoms with van der Waals surface area (Å²) in [5.41, 5.74) is 1.63. The molecule has 0 aliphatic heterocycles. The summed E-state index contributed by atoms with van der Waals surface area (Å²) in [5, 5.41) is 3.41. The van der Waals surface area contributed by atoms with Crippen molar-refractivity contribution in [2.24, 2.45) is 0 Å². The first-order valence-corrected chi connectivity index (χ1v) is 4.49. The maximum absolute atomic E-state index is 10.7. The molecule has 0 unspecified atom stereocenters. The first-order chi connectivity index (χ1) is 7.31. The number of benzene rings is 1. The molecule has 2 rings (SSSR count). The lowest BCUT2D eigenvalue weighted by atomic mass is 10.2. The van der Waals surface area contributed by atoms with E-state index in [0.29, 0.717) is 6.54 Å². The van der Waals surface area contributed by atoms with Gasteiger partial charge < -0.3 is 9.73 Å². The Hall–Kier alpha value is -2.10. The highest BCUT2D eigenvalue weighted by Crippen LogP contribution is 2.20. The number of fused-ring (bicyclic) bond motifs is 1. The van der Waals surface area contributed by atoms with E-state index < -0.39 is 5.91 Å². The summed E-state index contributed by atoms with van der Waals surface area (Å²) in [7, 11) is 0. The molecule has 1 N–H and O–H groups in total. The monoisotopic (exact) mass is 203 g/mol. The number of carbonyl (C=O) groups is 2. The fourth-order valence-electron chi connectivity index (χ4n) is 1.39. The van der Waals surface area contributed by atoms with E-state index >= 15 is 0 Å². The molecule has 0 aliphatic carbocycles. The van der Waals surface area contributed by atoms with Gasteiger partial charge in [-0.05, 0) is 6.07 Å². The van der Waals surface area contributed by atoms with Crippen molar-refractivity contribution >= 4 is 23.2 Å². The van der Waals surface area contributed by atoms with Gasteiger partial charge in [0.15, 0.2) is 0 Å². The fourth-order valence-corrected chi connectivity index (χ4v) is 1.39. The molecule has 2 aromatic rings. The summed E-state index contributed by atoms with van der Waals surface area (Å²) in [6.45, 7) is 0.300. The van der Waals surface area contributed by atoms with Crippen LogP contribution in [0.4, 0.5) is 0 Å². The average Bonchev–Trinajstić information content (AvgIpc) is 2.69. The lowest BCUT2D eigenvalue weighted by molar-refractivity contribution is -0.131. The molecule has 1 heterocycles. The number of rotatable bonds is 3. The number of carbonyl (C=O) groups excluding carboxylic acids is 2. The smallest absolute Gasteiger partial charge is 0.284 e. The van der Waals surface area contributed by atoms with Gasteiger partial charge in [-0.1, -0.05) is 18.2 Å². The van der Waals surface area contributed by atoms with Crippen molar-refractivity contribution in [1.29, 1.82) is 0 Å². The second-order valence-electron chi connectivity index (χ2n) is 3.09. The second-order valence-corrected chi connectivity index (χ2v) is 3.09. The van der Waals surface area contributed by atoms with Crippen molar-refractivity contribution in [2.75, 3.05) is 0 Å². The Morgan fingerprint density at radius 1 is 1.40 bits per heavy atom. The number of para-hydroxylation sites is 1. The Morgan fingerprint density at radius 3 is 3.00 bits per heavy atom. The lowest BCUT2D eigenvalue weighted by Crippen LogP contribution is -2.23. The molecule has 0 bridgehead atoms. The van der Waals surface area contributed by atoms with Crippen LogP contribution in [0.2, 0.25) is 0 Å². The van der Waals surface area contributed by atoms with Crippen molar-refractivity contribution in [1.82, 2.24) is 5.32 Å². The molecule has 1 amide bonds. The zero-order valence-corrected chi connectivity index (χ0v) is 7.90.